The highest BCUT2D eigenvalue weighted by Crippen LogP contribution is 2.33. The summed E-state index contributed by atoms with van der Waals surface area (Å²) in [6.07, 6.45) is 1.79. The minimum atomic E-state index is -0.538. The molecule has 9 heteroatoms. The van der Waals surface area contributed by atoms with Crippen molar-refractivity contribution in [1.82, 2.24) is 9.97 Å². The number of aromatic nitrogens is 2. The maximum Gasteiger partial charge on any atom is 0.273 e. The van der Waals surface area contributed by atoms with Gasteiger partial charge in [-0.15, -0.1) is 0 Å². The molecule has 104 valence electrons. The Balaban J connectivity index is 2.36. The summed E-state index contributed by atoms with van der Waals surface area (Å²) in [6.45, 7) is 0. The highest BCUT2D eigenvalue weighted by molar-refractivity contribution is 7.98. The first kappa shape index (κ1) is 14.8. The number of hydrogen-bond donors (Lipinski definition) is 0. The number of halogens is 2. The minimum absolute atomic E-state index is 0.127. The van der Waals surface area contributed by atoms with E-state index in [1.165, 1.54) is 36.0 Å². The van der Waals surface area contributed by atoms with Gasteiger partial charge < -0.3 is 4.74 Å². The number of thioether (sulfide) groups is 1. The lowest BCUT2D eigenvalue weighted by molar-refractivity contribution is -0.384. The summed E-state index contributed by atoms with van der Waals surface area (Å²) in [4.78, 5) is 18.2. The van der Waals surface area contributed by atoms with Crippen LogP contribution in [0.4, 0.5) is 5.69 Å². The maximum atomic E-state index is 10.7. The van der Waals surface area contributed by atoms with Gasteiger partial charge in [0.25, 0.3) is 5.69 Å². The monoisotopic (exact) mass is 331 g/mol. The summed E-state index contributed by atoms with van der Waals surface area (Å²) < 4.78 is 5.44. The van der Waals surface area contributed by atoms with E-state index in [1.54, 1.807) is 6.26 Å². The van der Waals surface area contributed by atoms with Crippen molar-refractivity contribution in [3.8, 4) is 11.6 Å². The molecule has 1 heterocycles. The van der Waals surface area contributed by atoms with Crippen LogP contribution in [0, 0.1) is 10.1 Å². The molecular weight excluding hydrogens is 325 g/mol. The lowest BCUT2D eigenvalue weighted by atomic mass is 10.3. The molecule has 0 amide bonds. The van der Waals surface area contributed by atoms with E-state index < -0.39 is 4.92 Å². The average Bonchev–Trinajstić information content (AvgIpc) is 2.40. The van der Waals surface area contributed by atoms with Crippen LogP contribution >= 0.6 is 35.0 Å². The van der Waals surface area contributed by atoms with Gasteiger partial charge in [-0.05, 0) is 12.3 Å². The smallest absolute Gasteiger partial charge is 0.273 e. The molecule has 0 spiro atoms. The van der Waals surface area contributed by atoms with Gasteiger partial charge in [-0.2, -0.15) is 4.98 Å². The van der Waals surface area contributed by atoms with Gasteiger partial charge in [-0.1, -0.05) is 35.0 Å². The van der Waals surface area contributed by atoms with Crippen molar-refractivity contribution in [3.63, 3.8) is 0 Å². The van der Waals surface area contributed by atoms with Crippen molar-refractivity contribution in [2.75, 3.05) is 6.26 Å². The fraction of sp³-hybridized carbons (Fsp3) is 0.0909. The third-order valence-corrected chi connectivity index (χ3v) is 3.23. The molecule has 2 aromatic rings. The molecule has 20 heavy (non-hydrogen) atoms. The molecule has 0 aliphatic heterocycles. The first-order chi connectivity index (χ1) is 9.49. The topological polar surface area (TPSA) is 78.2 Å². The number of nitrogens with zero attached hydrogens (tertiary/aromatic N) is 3. The highest BCUT2D eigenvalue weighted by atomic mass is 35.5. The summed E-state index contributed by atoms with van der Waals surface area (Å²) >= 11 is 13.1. The van der Waals surface area contributed by atoms with Crippen molar-refractivity contribution >= 4 is 40.7 Å². The second kappa shape index (κ2) is 6.25. The molecule has 2 rings (SSSR count). The van der Waals surface area contributed by atoms with E-state index in [0.29, 0.717) is 5.16 Å². The van der Waals surface area contributed by atoms with E-state index in [4.69, 9.17) is 27.9 Å². The van der Waals surface area contributed by atoms with Crippen molar-refractivity contribution < 1.29 is 9.66 Å². The molecule has 0 radical (unpaired) electrons. The number of rotatable bonds is 4. The van der Waals surface area contributed by atoms with E-state index in [9.17, 15) is 10.1 Å². The highest BCUT2D eigenvalue weighted by Gasteiger charge is 2.13. The molecule has 0 unspecified atom stereocenters. The molecule has 0 fully saturated rings. The van der Waals surface area contributed by atoms with E-state index in [-0.39, 0.29) is 27.5 Å². The molecule has 6 nitrogen and oxygen atoms in total. The third-order valence-electron chi connectivity index (χ3n) is 2.17. The molecule has 0 saturated carbocycles. The normalized spacial score (nSPS) is 10.3. The fourth-order valence-electron chi connectivity index (χ4n) is 1.32. The Bertz CT molecular complexity index is 669. The Hall–Kier alpha value is -1.57. The van der Waals surface area contributed by atoms with Crippen LogP contribution in [0.15, 0.2) is 29.4 Å². The van der Waals surface area contributed by atoms with Gasteiger partial charge in [-0.25, -0.2) is 4.98 Å². The van der Waals surface area contributed by atoms with Gasteiger partial charge in [0.2, 0.25) is 5.88 Å². The quantitative estimate of drug-likeness (QED) is 0.274. The minimum Gasteiger partial charge on any atom is -0.437 e. The molecule has 0 aliphatic carbocycles. The lowest BCUT2D eigenvalue weighted by Gasteiger charge is -2.07. The first-order valence-electron chi connectivity index (χ1n) is 5.20. The number of hydrogen-bond acceptors (Lipinski definition) is 6. The average molecular weight is 332 g/mol. The number of nitro groups is 1. The summed E-state index contributed by atoms with van der Waals surface area (Å²) in [7, 11) is 0. The predicted octanol–water partition coefficient (Wildman–Crippen LogP) is 4.21. The fourth-order valence-corrected chi connectivity index (χ4v) is 2.07. The molecule has 0 bridgehead atoms. The predicted molar refractivity (Wildman–Crippen MR) is 77.0 cm³/mol. The number of benzene rings is 1. The molecule has 1 aromatic heterocycles. The molecule has 0 atom stereocenters. The zero-order chi connectivity index (χ0) is 14.7. The zero-order valence-electron chi connectivity index (χ0n) is 10.0. The summed E-state index contributed by atoms with van der Waals surface area (Å²) in [5.74, 6) is 0.291. The standard InChI is InChI=1S/C11H7Cl2N3O3S/c1-20-11-14-9(13)5-10(15-11)19-8-4-6(16(17)18)2-3-7(8)12/h2-5H,1H3. The SMILES string of the molecule is CSc1nc(Cl)cc(Oc2cc([N+](=O)[O-])ccc2Cl)n1. The Morgan fingerprint density at radius 2 is 2.05 bits per heavy atom. The summed E-state index contributed by atoms with van der Waals surface area (Å²) in [5.41, 5.74) is -0.130. The lowest BCUT2D eigenvalue weighted by Crippen LogP contribution is -1.94. The van der Waals surface area contributed by atoms with E-state index in [0.717, 1.165) is 0 Å². The first-order valence-corrected chi connectivity index (χ1v) is 7.18. The van der Waals surface area contributed by atoms with Crippen LogP contribution in [-0.4, -0.2) is 21.1 Å². The molecule has 0 aliphatic rings. The Labute approximate surface area is 128 Å². The van der Waals surface area contributed by atoms with Crippen molar-refractivity contribution in [2.24, 2.45) is 0 Å². The summed E-state index contributed by atoms with van der Waals surface area (Å²) in [5, 5.41) is 11.6. The van der Waals surface area contributed by atoms with Crippen molar-refractivity contribution in [2.45, 2.75) is 5.16 Å². The van der Waals surface area contributed by atoms with E-state index >= 15 is 0 Å². The van der Waals surface area contributed by atoms with Gasteiger partial charge in [-0.3, -0.25) is 10.1 Å². The largest absolute Gasteiger partial charge is 0.437 e. The molecule has 0 N–H and O–H groups in total. The van der Waals surface area contributed by atoms with Gasteiger partial charge in [0, 0.05) is 12.1 Å². The van der Waals surface area contributed by atoms with Crippen LogP contribution < -0.4 is 4.74 Å². The van der Waals surface area contributed by atoms with Crippen LogP contribution in [0.2, 0.25) is 10.2 Å². The molecule has 1 aromatic carbocycles. The number of nitro benzene ring substituents is 1. The molecular formula is C11H7Cl2N3O3S. The van der Waals surface area contributed by atoms with Crippen molar-refractivity contribution in [1.29, 1.82) is 0 Å². The summed E-state index contributed by atoms with van der Waals surface area (Å²) in [6, 6.07) is 5.29. The van der Waals surface area contributed by atoms with Crippen LogP contribution in [0.25, 0.3) is 0 Å². The Morgan fingerprint density at radius 1 is 1.30 bits per heavy atom. The maximum absolute atomic E-state index is 10.7. The third kappa shape index (κ3) is 3.50. The van der Waals surface area contributed by atoms with E-state index in [1.807, 2.05) is 0 Å². The Kier molecular flexibility index (Phi) is 4.64. The van der Waals surface area contributed by atoms with Crippen LogP contribution in [0.3, 0.4) is 0 Å². The number of non-ortho nitro benzene ring substituents is 1. The van der Waals surface area contributed by atoms with Gasteiger partial charge in [0.1, 0.15) is 5.15 Å². The van der Waals surface area contributed by atoms with Crippen molar-refractivity contribution in [3.05, 3.63) is 44.6 Å². The van der Waals surface area contributed by atoms with Gasteiger partial charge in [0.15, 0.2) is 10.9 Å². The second-order valence-corrected chi connectivity index (χ2v) is 5.06. The van der Waals surface area contributed by atoms with Gasteiger partial charge >= 0.3 is 0 Å². The zero-order valence-corrected chi connectivity index (χ0v) is 12.4. The number of ether oxygens (including phenoxy) is 1. The van der Waals surface area contributed by atoms with Crippen LogP contribution in [-0.2, 0) is 0 Å². The van der Waals surface area contributed by atoms with Crippen LogP contribution in [0.5, 0.6) is 11.6 Å². The Morgan fingerprint density at radius 3 is 2.70 bits per heavy atom. The van der Waals surface area contributed by atoms with E-state index in [2.05, 4.69) is 9.97 Å². The van der Waals surface area contributed by atoms with Gasteiger partial charge in [0.05, 0.1) is 16.0 Å². The van der Waals surface area contributed by atoms with Crippen LogP contribution in [0.1, 0.15) is 0 Å². The second-order valence-electron chi connectivity index (χ2n) is 3.49. The molecule has 0 saturated heterocycles.